The average Bonchev–Trinajstić information content (AvgIpc) is 2.95. The Morgan fingerprint density at radius 3 is 2.89 bits per heavy atom. The second kappa shape index (κ2) is 5.59. The van der Waals surface area contributed by atoms with E-state index in [0.717, 1.165) is 28.7 Å². The van der Waals surface area contributed by atoms with Gasteiger partial charge in [0.2, 0.25) is 5.91 Å². The lowest BCUT2D eigenvalue weighted by atomic mass is 9.75. The molecule has 3 nitrogen and oxygen atoms in total. The van der Waals surface area contributed by atoms with Crippen molar-refractivity contribution in [3.63, 3.8) is 0 Å². The number of hydrogen-bond acceptors (Lipinski definition) is 3. The predicted molar refractivity (Wildman–Crippen MR) is 75.9 cm³/mol. The van der Waals surface area contributed by atoms with Gasteiger partial charge in [0.25, 0.3) is 0 Å². The molecule has 1 fully saturated rings. The number of amides is 1. The van der Waals surface area contributed by atoms with Crippen molar-refractivity contribution in [2.75, 3.05) is 13.1 Å². The molecule has 1 aliphatic heterocycles. The minimum absolute atomic E-state index is 0.159. The molecule has 1 unspecified atom stereocenters. The first-order valence-electron chi connectivity index (χ1n) is 6.28. The van der Waals surface area contributed by atoms with E-state index in [2.05, 4.69) is 24.5 Å². The number of hydrogen-bond donors (Lipinski definition) is 2. The van der Waals surface area contributed by atoms with Gasteiger partial charge in [0.15, 0.2) is 0 Å². The molecule has 1 saturated heterocycles. The molecule has 0 aromatic carbocycles. The zero-order valence-corrected chi connectivity index (χ0v) is 12.3. The van der Waals surface area contributed by atoms with Crippen LogP contribution in [0.5, 0.6) is 0 Å². The van der Waals surface area contributed by atoms with Crippen molar-refractivity contribution in [1.82, 2.24) is 10.6 Å². The molecule has 100 valence electrons. The van der Waals surface area contributed by atoms with Crippen molar-refractivity contribution < 1.29 is 4.79 Å². The first-order chi connectivity index (χ1) is 8.54. The van der Waals surface area contributed by atoms with Gasteiger partial charge in [0, 0.05) is 11.4 Å². The molecule has 2 rings (SSSR count). The molecule has 18 heavy (non-hydrogen) atoms. The van der Waals surface area contributed by atoms with Gasteiger partial charge in [0.05, 0.1) is 16.3 Å². The monoisotopic (exact) mass is 286 g/mol. The zero-order valence-electron chi connectivity index (χ0n) is 10.8. The summed E-state index contributed by atoms with van der Waals surface area (Å²) < 4.78 is 0.764. The highest BCUT2D eigenvalue weighted by Crippen LogP contribution is 2.34. The molecule has 1 aliphatic rings. The lowest BCUT2D eigenvalue weighted by molar-refractivity contribution is -0.132. The molecule has 2 N–H and O–H groups in total. The van der Waals surface area contributed by atoms with Crippen LogP contribution >= 0.6 is 22.9 Å². The number of carbonyl (C=O) groups is 1. The molecule has 5 heteroatoms. The van der Waals surface area contributed by atoms with Crippen LogP contribution in [-0.2, 0) is 11.3 Å². The maximum atomic E-state index is 12.4. The molecule has 2 heterocycles. The zero-order chi connectivity index (χ0) is 13.2. The molecule has 1 amide bonds. The fourth-order valence-electron chi connectivity index (χ4n) is 2.45. The maximum Gasteiger partial charge on any atom is 0.228 e. The van der Waals surface area contributed by atoms with E-state index < -0.39 is 0 Å². The predicted octanol–water partition coefficient (Wildman–Crippen LogP) is 2.65. The number of halogens is 1. The summed E-state index contributed by atoms with van der Waals surface area (Å²) in [5, 5.41) is 6.35. The van der Waals surface area contributed by atoms with Crippen LogP contribution in [0.1, 0.15) is 25.1 Å². The minimum atomic E-state index is -0.249. The van der Waals surface area contributed by atoms with Gasteiger partial charge in [-0.3, -0.25) is 4.79 Å². The Kier molecular flexibility index (Phi) is 4.30. The summed E-state index contributed by atoms with van der Waals surface area (Å²) in [6.07, 6.45) is 0.918. The normalized spacial score (nSPS) is 23.6. The van der Waals surface area contributed by atoms with Crippen LogP contribution in [0, 0.1) is 11.3 Å². The molecule has 1 aromatic heterocycles. The summed E-state index contributed by atoms with van der Waals surface area (Å²) in [4.78, 5) is 13.5. The van der Waals surface area contributed by atoms with Crippen molar-refractivity contribution in [3.05, 3.63) is 21.3 Å². The van der Waals surface area contributed by atoms with Gasteiger partial charge in [-0.2, -0.15) is 0 Å². The van der Waals surface area contributed by atoms with E-state index in [0.29, 0.717) is 12.5 Å². The van der Waals surface area contributed by atoms with Crippen LogP contribution in [0.4, 0.5) is 0 Å². The summed E-state index contributed by atoms with van der Waals surface area (Å²) in [5.74, 6) is 0.506. The lowest BCUT2D eigenvalue weighted by Gasteiger charge is -2.31. The number of nitrogens with one attached hydrogen (secondary N) is 2. The Bertz CT molecular complexity index is 424. The second-order valence-corrected chi connectivity index (χ2v) is 6.93. The van der Waals surface area contributed by atoms with Crippen molar-refractivity contribution in [2.24, 2.45) is 11.3 Å². The molecule has 0 aliphatic carbocycles. The van der Waals surface area contributed by atoms with Crippen LogP contribution in [0.2, 0.25) is 4.34 Å². The Morgan fingerprint density at radius 1 is 1.61 bits per heavy atom. The SMILES string of the molecule is CC(C)C1(C(=O)NCc2ccc(Cl)s2)CCNC1. The number of rotatable bonds is 4. The molecular weight excluding hydrogens is 268 g/mol. The summed E-state index contributed by atoms with van der Waals surface area (Å²) >= 11 is 7.39. The molecule has 0 radical (unpaired) electrons. The molecule has 0 bridgehead atoms. The van der Waals surface area contributed by atoms with E-state index >= 15 is 0 Å². The molecular formula is C13H19ClN2OS. The maximum absolute atomic E-state index is 12.4. The van der Waals surface area contributed by atoms with E-state index in [4.69, 9.17) is 11.6 Å². The standard InChI is InChI=1S/C13H19ClN2OS/c1-9(2)13(5-6-15-8-13)12(17)16-7-10-3-4-11(14)18-10/h3-4,9,15H,5-8H2,1-2H3,(H,16,17). The van der Waals surface area contributed by atoms with E-state index in [1.807, 2.05) is 12.1 Å². The van der Waals surface area contributed by atoms with Gasteiger partial charge in [-0.05, 0) is 31.0 Å². The Labute approximate surface area is 117 Å². The molecule has 1 aromatic rings. The average molecular weight is 287 g/mol. The highest BCUT2D eigenvalue weighted by atomic mass is 35.5. The van der Waals surface area contributed by atoms with Gasteiger partial charge in [-0.1, -0.05) is 25.4 Å². The van der Waals surface area contributed by atoms with E-state index in [1.54, 1.807) is 0 Å². The summed E-state index contributed by atoms with van der Waals surface area (Å²) in [6.45, 7) is 6.52. The highest BCUT2D eigenvalue weighted by molar-refractivity contribution is 7.16. The lowest BCUT2D eigenvalue weighted by Crippen LogP contribution is -2.45. The van der Waals surface area contributed by atoms with E-state index in [1.165, 1.54) is 11.3 Å². The number of thiophene rings is 1. The summed E-state index contributed by atoms with van der Waals surface area (Å²) in [6, 6.07) is 3.82. The third kappa shape index (κ3) is 2.71. The van der Waals surface area contributed by atoms with Gasteiger partial charge < -0.3 is 10.6 Å². The Hall–Kier alpha value is -0.580. The smallest absolute Gasteiger partial charge is 0.228 e. The molecule has 0 spiro atoms. The van der Waals surface area contributed by atoms with Crippen molar-refractivity contribution in [1.29, 1.82) is 0 Å². The van der Waals surface area contributed by atoms with Crippen LogP contribution < -0.4 is 10.6 Å². The Morgan fingerprint density at radius 2 is 2.39 bits per heavy atom. The number of carbonyl (C=O) groups excluding carboxylic acids is 1. The second-order valence-electron chi connectivity index (χ2n) is 5.13. The largest absolute Gasteiger partial charge is 0.351 e. The van der Waals surface area contributed by atoms with Gasteiger partial charge in [-0.15, -0.1) is 11.3 Å². The van der Waals surface area contributed by atoms with Crippen LogP contribution in [0.25, 0.3) is 0 Å². The topological polar surface area (TPSA) is 41.1 Å². The first-order valence-corrected chi connectivity index (χ1v) is 7.47. The Balaban J connectivity index is 1.98. The fourth-order valence-corrected chi connectivity index (χ4v) is 3.48. The van der Waals surface area contributed by atoms with Crippen LogP contribution in [0.3, 0.4) is 0 Å². The van der Waals surface area contributed by atoms with E-state index in [-0.39, 0.29) is 11.3 Å². The van der Waals surface area contributed by atoms with Crippen LogP contribution in [-0.4, -0.2) is 19.0 Å². The van der Waals surface area contributed by atoms with Crippen molar-refractivity contribution in [2.45, 2.75) is 26.8 Å². The molecule has 1 atom stereocenters. The van der Waals surface area contributed by atoms with Gasteiger partial charge in [-0.25, -0.2) is 0 Å². The fraction of sp³-hybridized carbons (Fsp3) is 0.615. The summed E-state index contributed by atoms with van der Waals surface area (Å²) in [7, 11) is 0. The van der Waals surface area contributed by atoms with E-state index in [9.17, 15) is 4.79 Å². The third-order valence-electron chi connectivity index (χ3n) is 3.80. The first kappa shape index (κ1) is 13.8. The third-order valence-corrected chi connectivity index (χ3v) is 5.03. The highest BCUT2D eigenvalue weighted by Gasteiger charge is 2.43. The van der Waals surface area contributed by atoms with Crippen molar-refractivity contribution in [3.8, 4) is 0 Å². The molecule has 0 saturated carbocycles. The summed E-state index contributed by atoms with van der Waals surface area (Å²) in [5.41, 5.74) is -0.249. The minimum Gasteiger partial charge on any atom is -0.351 e. The quantitative estimate of drug-likeness (QED) is 0.893. The van der Waals surface area contributed by atoms with Crippen molar-refractivity contribution >= 4 is 28.8 Å². The van der Waals surface area contributed by atoms with Crippen LogP contribution in [0.15, 0.2) is 12.1 Å². The van der Waals surface area contributed by atoms with Gasteiger partial charge in [0.1, 0.15) is 0 Å². The van der Waals surface area contributed by atoms with Gasteiger partial charge >= 0.3 is 0 Å².